The molecule has 120 valence electrons. The summed E-state index contributed by atoms with van der Waals surface area (Å²) in [6, 6.07) is 5.50. The minimum atomic E-state index is -0.756. The summed E-state index contributed by atoms with van der Waals surface area (Å²) in [5.74, 6) is -0.148. The van der Waals surface area contributed by atoms with Gasteiger partial charge in [-0.25, -0.2) is 0 Å². The summed E-state index contributed by atoms with van der Waals surface area (Å²) in [5, 5.41) is 5.81. The average molecular weight is 303 g/mol. The molecule has 0 aromatic heterocycles. The number of hydrogen-bond acceptors (Lipinski definition) is 3. The number of benzene rings is 1. The lowest BCUT2D eigenvalue weighted by Gasteiger charge is -2.23. The third-order valence-corrected chi connectivity index (χ3v) is 4.28. The molecule has 1 aliphatic carbocycles. The van der Waals surface area contributed by atoms with Gasteiger partial charge in [0.15, 0.2) is 0 Å². The highest BCUT2D eigenvalue weighted by Crippen LogP contribution is 2.30. The van der Waals surface area contributed by atoms with E-state index in [1.165, 1.54) is 0 Å². The highest BCUT2D eigenvalue weighted by Gasteiger charge is 2.37. The molecule has 0 heterocycles. The van der Waals surface area contributed by atoms with Crippen molar-refractivity contribution in [2.24, 2.45) is 5.73 Å². The minimum Gasteiger partial charge on any atom is -0.326 e. The van der Waals surface area contributed by atoms with E-state index in [0.29, 0.717) is 12.1 Å². The monoisotopic (exact) mass is 303 g/mol. The second-order valence-electron chi connectivity index (χ2n) is 6.09. The summed E-state index contributed by atoms with van der Waals surface area (Å²) in [6.07, 6.45) is 4.74. The van der Waals surface area contributed by atoms with Crippen LogP contribution in [0.3, 0.4) is 0 Å². The number of hydrogen-bond donors (Lipinski definition) is 3. The van der Waals surface area contributed by atoms with Crippen molar-refractivity contribution in [3.63, 3.8) is 0 Å². The van der Waals surface area contributed by atoms with Gasteiger partial charge in [-0.3, -0.25) is 9.59 Å². The van der Waals surface area contributed by atoms with Gasteiger partial charge in [-0.05, 0) is 43.9 Å². The quantitative estimate of drug-likeness (QED) is 0.782. The minimum absolute atomic E-state index is 0.0137. The fraction of sp³-hybridized carbons (Fsp3) is 0.529. The van der Waals surface area contributed by atoms with Gasteiger partial charge < -0.3 is 16.4 Å². The van der Waals surface area contributed by atoms with Crippen molar-refractivity contribution >= 4 is 23.2 Å². The van der Waals surface area contributed by atoms with Gasteiger partial charge >= 0.3 is 0 Å². The van der Waals surface area contributed by atoms with E-state index in [1.54, 1.807) is 0 Å². The second-order valence-corrected chi connectivity index (χ2v) is 6.09. The fourth-order valence-corrected chi connectivity index (χ4v) is 2.83. The Morgan fingerprint density at radius 3 is 2.36 bits per heavy atom. The van der Waals surface area contributed by atoms with Gasteiger partial charge in [0.25, 0.3) is 0 Å². The molecule has 2 rings (SSSR count). The molecule has 1 fully saturated rings. The SMILES string of the molecule is CCCC(=O)Nc1cccc(NC(=O)C2(N)CCCC2)c1C. The van der Waals surface area contributed by atoms with E-state index in [-0.39, 0.29) is 11.8 Å². The van der Waals surface area contributed by atoms with Crippen LogP contribution in [0.1, 0.15) is 51.0 Å². The van der Waals surface area contributed by atoms with Crippen LogP contribution in [0, 0.1) is 6.92 Å². The van der Waals surface area contributed by atoms with Crippen molar-refractivity contribution < 1.29 is 9.59 Å². The van der Waals surface area contributed by atoms with Crippen LogP contribution in [0.2, 0.25) is 0 Å². The Kier molecular flexibility index (Phi) is 5.19. The van der Waals surface area contributed by atoms with Crippen LogP contribution in [0.15, 0.2) is 18.2 Å². The summed E-state index contributed by atoms with van der Waals surface area (Å²) >= 11 is 0. The Morgan fingerprint density at radius 1 is 1.18 bits per heavy atom. The highest BCUT2D eigenvalue weighted by atomic mass is 16.2. The van der Waals surface area contributed by atoms with Crippen LogP contribution in [-0.4, -0.2) is 17.4 Å². The second kappa shape index (κ2) is 6.92. The van der Waals surface area contributed by atoms with Crippen LogP contribution in [0.25, 0.3) is 0 Å². The first kappa shape index (κ1) is 16.5. The molecule has 0 radical (unpaired) electrons. The smallest absolute Gasteiger partial charge is 0.244 e. The number of nitrogens with one attached hydrogen (secondary N) is 2. The van der Waals surface area contributed by atoms with Gasteiger partial charge in [-0.1, -0.05) is 25.8 Å². The number of carbonyl (C=O) groups excluding carboxylic acids is 2. The normalized spacial score (nSPS) is 16.3. The van der Waals surface area contributed by atoms with Gasteiger partial charge in [-0.2, -0.15) is 0 Å². The first-order chi connectivity index (χ1) is 10.5. The fourth-order valence-electron chi connectivity index (χ4n) is 2.83. The average Bonchev–Trinajstić information content (AvgIpc) is 2.92. The Morgan fingerprint density at radius 2 is 1.77 bits per heavy atom. The molecule has 0 saturated heterocycles. The Balaban J connectivity index is 2.11. The van der Waals surface area contributed by atoms with E-state index in [9.17, 15) is 9.59 Å². The predicted octanol–water partition coefficient (Wildman–Crippen LogP) is 2.94. The molecule has 0 bridgehead atoms. The zero-order valence-electron chi connectivity index (χ0n) is 13.4. The van der Waals surface area contributed by atoms with E-state index < -0.39 is 5.54 Å². The lowest BCUT2D eigenvalue weighted by molar-refractivity contribution is -0.121. The third-order valence-electron chi connectivity index (χ3n) is 4.28. The van der Waals surface area contributed by atoms with Crippen molar-refractivity contribution in [1.82, 2.24) is 0 Å². The summed E-state index contributed by atoms with van der Waals surface area (Å²) in [7, 11) is 0. The summed E-state index contributed by atoms with van der Waals surface area (Å²) < 4.78 is 0. The lowest BCUT2D eigenvalue weighted by Crippen LogP contribution is -2.48. The molecule has 1 aliphatic rings. The molecule has 0 aliphatic heterocycles. The number of anilines is 2. The number of nitrogens with two attached hydrogens (primary N) is 1. The summed E-state index contributed by atoms with van der Waals surface area (Å²) in [5.41, 5.74) is 7.70. The molecule has 2 amide bonds. The molecule has 22 heavy (non-hydrogen) atoms. The molecule has 0 spiro atoms. The van der Waals surface area contributed by atoms with Gasteiger partial charge in [-0.15, -0.1) is 0 Å². The Hall–Kier alpha value is -1.88. The van der Waals surface area contributed by atoms with E-state index >= 15 is 0 Å². The molecule has 1 saturated carbocycles. The molecule has 5 heteroatoms. The van der Waals surface area contributed by atoms with Crippen LogP contribution in [-0.2, 0) is 9.59 Å². The van der Waals surface area contributed by atoms with E-state index in [1.807, 2.05) is 32.0 Å². The van der Waals surface area contributed by atoms with Crippen LogP contribution >= 0.6 is 0 Å². The van der Waals surface area contributed by atoms with Crippen molar-refractivity contribution in [2.75, 3.05) is 10.6 Å². The molecule has 1 aromatic carbocycles. The summed E-state index contributed by atoms with van der Waals surface area (Å²) in [6.45, 7) is 3.85. The van der Waals surface area contributed by atoms with Crippen molar-refractivity contribution in [2.45, 2.75) is 57.9 Å². The predicted molar refractivity (Wildman–Crippen MR) is 88.7 cm³/mol. The van der Waals surface area contributed by atoms with Crippen molar-refractivity contribution in [3.05, 3.63) is 23.8 Å². The Labute approximate surface area is 131 Å². The molecular weight excluding hydrogens is 278 g/mol. The Bertz CT molecular complexity index is 563. The largest absolute Gasteiger partial charge is 0.326 e. The maximum Gasteiger partial charge on any atom is 0.244 e. The van der Waals surface area contributed by atoms with Crippen LogP contribution in [0.5, 0.6) is 0 Å². The topological polar surface area (TPSA) is 84.2 Å². The zero-order chi connectivity index (χ0) is 16.2. The van der Waals surface area contributed by atoms with Crippen molar-refractivity contribution in [3.8, 4) is 0 Å². The molecule has 4 N–H and O–H groups in total. The first-order valence-corrected chi connectivity index (χ1v) is 7.96. The first-order valence-electron chi connectivity index (χ1n) is 7.96. The molecular formula is C17H25N3O2. The molecule has 0 atom stereocenters. The number of rotatable bonds is 5. The van der Waals surface area contributed by atoms with Crippen LogP contribution in [0.4, 0.5) is 11.4 Å². The van der Waals surface area contributed by atoms with Crippen LogP contribution < -0.4 is 16.4 Å². The molecule has 1 aromatic rings. The van der Waals surface area contributed by atoms with Crippen molar-refractivity contribution in [1.29, 1.82) is 0 Å². The lowest BCUT2D eigenvalue weighted by atomic mass is 9.97. The maximum atomic E-state index is 12.4. The van der Waals surface area contributed by atoms with Gasteiger partial charge in [0, 0.05) is 17.8 Å². The maximum absolute atomic E-state index is 12.4. The van der Waals surface area contributed by atoms with E-state index in [4.69, 9.17) is 5.73 Å². The number of carbonyl (C=O) groups is 2. The van der Waals surface area contributed by atoms with Gasteiger partial charge in [0.2, 0.25) is 11.8 Å². The summed E-state index contributed by atoms with van der Waals surface area (Å²) in [4.78, 5) is 24.1. The highest BCUT2D eigenvalue weighted by molar-refractivity contribution is 6.00. The molecule has 0 unspecified atom stereocenters. The molecule has 5 nitrogen and oxygen atoms in total. The third kappa shape index (κ3) is 3.65. The van der Waals surface area contributed by atoms with Gasteiger partial charge in [0.05, 0.1) is 5.54 Å². The van der Waals surface area contributed by atoms with E-state index in [0.717, 1.165) is 43.4 Å². The zero-order valence-corrected chi connectivity index (χ0v) is 13.4. The standard InChI is InChI=1S/C17H25N3O2/c1-3-7-15(21)19-13-8-6-9-14(12(13)2)20-16(22)17(18)10-4-5-11-17/h6,8-9H,3-5,7,10-11,18H2,1-2H3,(H,19,21)(H,20,22). The number of amides is 2. The van der Waals surface area contributed by atoms with E-state index in [2.05, 4.69) is 10.6 Å². The van der Waals surface area contributed by atoms with Gasteiger partial charge in [0.1, 0.15) is 0 Å².